The topological polar surface area (TPSA) is 37.4 Å². The zero-order chi connectivity index (χ0) is 13.8. The largest absolute Gasteiger partial charge is 0.336 e. The van der Waals surface area contributed by atoms with Crippen molar-refractivity contribution in [3.63, 3.8) is 0 Å². The van der Waals surface area contributed by atoms with Crippen LogP contribution >= 0.6 is 11.8 Å². The Morgan fingerprint density at radius 1 is 1.42 bits per heavy atom. The third-order valence-electron chi connectivity index (χ3n) is 3.51. The van der Waals surface area contributed by atoms with E-state index in [4.69, 9.17) is 0 Å². The first-order valence-electron chi connectivity index (χ1n) is 6.55. The van der Waals surface area contributed by atoms with Gasteiger partial charge in [-0.15, -0.1) is 0 Å². The van der Waals surface area contributed by atoms with Gasteiger partial charge >= 0.3 is 0 Å². The van der Waals surface area contributed by atoms with Gasteiger partial charge in [-0.1, -0.05) is 42.1 Å². The van der Waals surface area contributed by atoms with Crippen molar-refractivity contribution in [1.29, 1.82) is 0 Å². The average Bonchev–Trinajstić information content (AvgIpc) is 2.78. The van der Waals surface area contributed by atoms with E-state index >= 15 is 0 Å². The highest BCUT2D eigenvalue weighted by atomic mass is 32.2. The van der Waals surface area contributed by atoms with Gasteiger partial charge in [0, 0.05) is 25.6 Å². The molecule has 1 fully saturated rings. The fourth-order valence-electron chi connectivity index (χ4n) is 2.44. The van der Waals surface area contributed by atoms with Crippen molar-refractivity contribution in [1.82, 2.24) is 4.90 Å². The summed E-state index contributed by atoms with van der Waals surface area (Å²) < 4.78 is 0. The van der Waals surface area contributed by atoms with Crippen LogP contribution < -0.4 is 0 Å². The molecule has 2 rings (SSSR count). The van der Waals surface area contributed by atoms with Gasteiger partial charge in [0.2, 0.25) is 5.91 Å². The maximum Gasteiger partial charge on any atom is 0.223 e. The van der Waals surface area contributed by atoms with Crippen LogP contribution in [0.1, 0.15) is 31.9 Å². The molecule has 1 aromatic rings. The summed E-state index contributed by atoms with van der Waals surface area (Å²) in [6.45, 7) is 4.40. The van der Waals surface area contributed by atoms with Crippen LogP contribution in [0.5, 0.6) is 0 Å². The first-order valence-corrected chi connectivity index (χ1v) is 7.54. The Bertz CT molecular complexity index is 460. The molecule has 4 heteroatoms. The number of carbonyl (C=O) groups excluding carboxylic acids is 2. The summed E-state index contributed by atoms with van der Waals surface area (Å²) in [4.78, 5) is 25.0. The van der Waals surface area contributed by atoms with Crippen LogP contribution in [-0.2, 0) is 9.59 Å². The van der Waals surface area contributed by atoms with Crippen molar-refractivity contribution >= 4 is 22.8 Å². The second kappa shape index (κ2) is 6.24. The third-order valence-corrected chi connectivity index (χ3v) is 4.55. The lowest BCUT2D eigenvalue weighted by Gasteiger charge is -2.25. The summed E-state index contributed by atoms with van der Waals surface area (Å²) in [5, 5.41) is 0.127. The number of carbonyl (C=O) groups is 2. The summed E-state index contributed by atoms with van der Waals surface area (Å²) in [5.41, 5.74) is 1.16. The molecule has 1 heterocycles. The van der Waals surface area contributed by atoms with Gasteiger partial charge in [0.25, 0.3) is 0 Å². The zero-order valence-electron chi connectivity index (χ0n) is 11.3. The number of benzene rings is 1. The molecular formula is C15H19NO2S. The standard InChI is InChI=1S/C15H19NO2S/c1-11(14-6-4-3-5-7-14)16-9-13(8-15(16)18)10-19-12(2)17/h3-7,11,13H,8-10H2,1-2H3. The second-order valence-electron chi connectivity index (χ2n) is 5.01. The molecule has 1 aromatic carbocycles. The predicted octanol–water partition coefficient (Wildman–Crippen LogP) is 2.88. The number of thioether (sulfide) groups is 1. The molecule has 0 N–H and O–H groups in total. The van der Waals surface area contributed by atoms with E-state index in [1.54, 1.807) is 6.92 Å². The molecule has 0 spiro atoms. The number of nitrogens with zero attached hydrogens (tertiary/aromatic N) is 1. The summed E-state index contributed by atoms with van der Waals surface area (Å²) in [5.74, 6) is 1.25. The third kappa shape index (κ3) is 3.60. The SMILES string of the molecule is CC(=O)SCC1CC(=O)N(C(C)c2ccccc2)C1. The Morgan fingerprint density at radius 3 is 2.74 bits per heavy atom. The van der Waals surface area contributed by atoms with E-state index in [2.05, 4.69) is 19.1 Å². The van der Waals surface area contributed by atoms with Crippen molar-refractivity contribution in [2.24, 2.45) is 5.92 Å². The van der Waals surface area contributed by atoms with Gasteiger partial charge < -0.3 is 4.90 Å². The highest BCUT2D eigenvalue weighted by Gasteiger charge is 2.33. The van der Waals surface area contributed by atoms with Gasteiger partial charge in [0.15, 0.2) is 5.12 Å². The zero-order valence-corrected chi connectivity index (χ0v) is 12.2. The van der Waals surface area contributed by atoms with Gasteiger partial charge in [-0.05, 0) is 18.4 Å². The molecule has 19 heavy (non-hydrogen) atoms. The molecule has 1 aliphatic heterocycles. The van der Waals surface area contributed by atoms with E-state index in [-0.39, 0.29) is 17.1 Å². The van der Waals surface area contributed by atoms with Gasteiger partial charge in [-0.25, -0.2) is 0 Å². The molecule has 0 saturated carbocycles. The monoisotopic (exact) mass is 277 g/mol. The minimum atomic E-state index is 0.112. The van der Waals surface area contributed by atoms with Crippen LogP contribution in [0.25, 0.3) is 0 Å². The van der Waals surface area contributed by atoms with Crippen LogP contribution in [0.2, 0.25) is 0 Å². The van der Waals surface area contributed by atoms with Crippen LogP contribution in [0.4, 0.5) is 0 Å². The number of likely N-dealkylation sites (tertiary alicyclic amines) is 1. The van der Waals surface area contributed by atoms with Crippen molar-refractivity contribution in [2.75, 3.05) is 12.3 Å². The van der Waals surface area contributed by atoms with E-state index in [0.29, 0.717) is 12.3 Å². The smallest absolute Gasteiger partial charge is 0.223 e. The average molecular weight is 277 g/mol. The van der Waals surface area contributed by atoms with E-state index in [9.17, 15) is 9.59 Å². The van der Waals surface area contributed by atoms with Gasteiger partial charge in [-0.3, -0.25) is 9.59 Å². The van der Waals surface area contributed by atoms with Crippen LogP contribution in [0.15, 0.2) is 30.3 Å². The van der Waals surface area contributed by atoms with E-state index in [0.717, 1.165) is 17.9 Å². The molecule has 2 atom stereocenters. The minimum Gasteiger partial charge on any atom is -0.336 e. The van der Waals surface area contributed by atoms with Gasteiger partial charge in [0.05, 0.1) is 6.04 Å². The highest BCUT2D eigenvalue weighted by molar-refractivity contribution is 8.13. The second-order valence-corrected chi connectivity index (χ2v) is 6.20. The lowest BCUT2D eigenvalue weighted by atomic mass is 10.1. The minimum absolute atomic E-state index is 0.112. The Morgan fingerprint density at radius 2 is 2.11 bits per heavy atom. The number of hydrogen-bond donors (Lipinski definition) is 0. The first kappa shape index (κ1) is 14.1. The molecule has 0 radical (unpaired) electrons. The summed E-state index contributed by atoms with van der Waals surface area (Å²) in [7, 11) is 0. The number of amides is 1. The fourth-order valence-corrected chi connectivity index (χ4v) is 3.13. The molecule has 0 aromatic heterocycles. The van der Waals surface area contributed by atoms with Crippen LogP contribution in [0, 0.1) is 5.92 Å². The molecule has 102 valence electrons. The van der Waals surface area contributed by atoms with E-state index in [1.807, 2.05) is 23.1 Å². The van der Waals surface area contributed by atoms with Crippen molar-refractivity contribution in [3.05, 3.63) is 35.9 Å². The summed E-state index contributed by atoms with van der Waals surface area (Å²) >= 11 is 1.32. The van der Waals surface area contributed by atoms with Gasteiger partial charge in [-0.2, -0.15) is 0 Å². The predicted molar refractivity (Wildman–Crippen MR) is 77.8 cm³/mol. The quantitative estimate of drug-likeness (QED) is 0.849. The van der Waals surface area contributed by atoms with E-state index < -0.39 is 0 Å². The highest BCUT2D eigenvalue weighted by Crippen LogP contribution is 2.29. The van der Waals surface area contributed by atoms with Crippen molar-refractivity contribution in [2.45, 2.75) is 26.3 Å². The Hall–Kier alpha value is -1.29. The van der Waals surface area contributed by atoms with Crippen LogP contribution in [0.3, 0.4) is 0 Å². The lowest BCUT2D eigenvalue weighted by molar-refractivity contribution is -0.129. The Kier molecular flexibility index (Phi) is 4.64. The molecule has 3 nitrogen and oxygen atoms in total. The molecule has 1 aliphatic rings. The Labute approximate surface area is 118 Å². The Balaban J connectivity index is 1.98. The molecule has 0 aliphatic carbocycles. The maximum atomic E-state index is 12.1. The molecule has 2 unspecified atom stereocenters. The first-order chi connectivity index (χ1) is 9.08. The van der Waals surface area contributed by atoms with E-state index in [1.165, 1.54) is 11.8 Å². The van der Waals surface area contributed by atoms with Crippen LogP contribution in [-0.4, -0.2) is 28.2 Å². The van der Waals surface area contributed by atoms with Gasteiger partial charge in [0.1, 0.15) is 0 Å². The number of rotatable bonds is 4. The maximum absolute atomic E-state index is 12.1. The summed E-state index contributed by atoms with van der Waals surface area (Å²) in [6.07, 6.45) is 0.567. The van der Waals surface area contributed by atoms with Crippen molar-refractivity contribution in [3.8, 4) is 0 Å². The number of hydrogen-bond acceptors (Lipinski definition) is 3. The molecule has 1 saturated heterocycles. The molecule has 1 amide bonds. The molecular weight excluding hydrogens is 258 g/mol. The summed E-state index contributed by atoms with van der Waals surface area (Å²) in [6, 6.07) is 10.2. The lowest BCUT2D eigenvalue weighted by Crippen LogP contribution is -2.28. The molecule has 0 bridgehead atoms. The van der Waals surface area contributed by atoms with Crippen molar-refractivity contribution < 1.29 is 9.59 Å². The normalized spacial score (nSPS) is 20.6. The fraction of sp³-hybridized carbons (Fsp3) is 0.467.